The zero-order valence-electron chi connectivity index (χ0n) is 10.8. The highest BCUT2D eigenvalue weighted by atomic mass is 19.1. The molecule has 5 heteroatoms. The van der Waals surface area contributed by atoms with Crippen molar-refractivity contribution in [2.45, 2.75) is 13.2 Å². The number of carbonyl (C=O) groups excluding carboxylic acids is 1. The Morgan fingerprint density at radius 2 is 1.90 bits per heavy atom. The number of amides is 1. The number of alkyl carbamates (subject to hydrolysis) is 1. The van der Waals surface area contributed by atoms with E-state index >= 15 is 0 Å². The van der Waals surface area contributed by atoms with E-state index in [4.69, 9.17) is 10.5 Å². The number of anilines is 1. The molecule has 0 bridgehead atoms. The monoisotopic (exact) mass is 274 g/mol. The van der Waals surface area contributed by atoms with Gasteiger partial charge in [-0.15, -0.1) is 0 Å². The Morgan fingerprint density at radius 1 is 1.15 bits per heavy atom. The van der Waals surface area contributed by atoms with E-state index in [-0.39, 0.29) is 18.8 Å². The molecular formula is C15H15FN2O2. The van der Waals surface area contributed by atoms with Gasteiger partial charge in [-0.2, -0.15) is 0 Å². The summed E-state index contributed by atoms with van der Waals surface area (Å²) < 4.78 is 18.0. The van der Waals surface area contributed by atoms with E-state index in [1.54, 1.807) is 6.07 Å². The molecule has 0 saturated carbocycles. The predicted molar refractivity (Wildman–Crippen MR) is 74.3 cm³/mol. The van der Waals surface area contributed by atoms with Gasteiger partial charge in [0.05, 0.1) is 5.69 Å². The fourth-order valence-electron chi connectivity index (χ4n) is 1.65. The molecular weight excluding hydrogens is 259 g/mol. The summed E-state index contributed by atoms with van der Waals surface area (Å²) in [4.78, 5) is 11.5. The Kier molecular flexibility index (Phi) is 4.55. The van der Waals surface area contributed by atoms with E-state index in [2.05, 4.69) is 5.32 Å². The minimum atomic E-state index is -0.531. The maximum atomic E-state index is 13.0. The topological polar surface area (TPSA) is 64.3 Å². The van der Waals surface area contributed by atoms with E-state index < -0.39 is 11.9 Å². The Balaban J connectivity index is 1.79. The van der Waals surface area contributed by atoms with Gasteiger partial charge in [-0.05, 0) is 23.3 Å². The number of nitrogens with one attached hydrogen (secondary N) is 1. The third-order valence-corrected chi connectivity index (χ3v) is 2.71. The number of hydrogen-bond acceptors (Lipinski definition) is 3. The van der Waals surface area contributed by atoms with Crippen LogP contribution < -0.4 is 11.1 Å². The van der Waals surface area contributed by atoms with Crippen molar-refractivity contribution in [3.05, 3.63) is 65.5 Å². The number of rotatable bonds is 4. The number of carbonyl (C=O) groups is 1. The van der Waals surface area contributed by atoms with Crippen molar-refractivity contribution < 1.29 is 13.9 Å². The van der Waals surface area contributed by atoms with Crippen molar-refractivity contribution >= 4 is 11.8 Å². The lowest BCUT2D eigenvalue weighted by Crippen LogP contribution is -2.23. The average molecular weight is 274 g/mol. The Morgan fingerprint density at radius 3 is 2.60 bits per heavy atom. The highest BCUT2D eigenvalue weighted by Gasteiger charge is 2.04. The smallest absolute Gasteiger partial charge is 0.407 e. The fourth-order valence-corrected chi connectivity index (χ4v) is 1.65. The van der Waals surface area contributed by atoms with Crippen LogP contribution in [0.3, 0.4) is 0 Å². The van der Waals surface area contributed by atoms with Crippen LogP contribution in [0, 0.1) is 5.82 Å². The van der Waals surface area contributed by atoms with Gasteiger partial charge in [-0.25, -0.2) is 9.18 Å². The summed E-state index contributed by atoms with van der Waals surface area (Å²) in [5, 5.41) is 2.58. The summed E-state index contributed by atoms with van der Waals surface area (Å²) in [6.07, 6.45) is -0.531. The van der Waals surface area contributed by atoms with Crippen LogP contribution in [-0.4, -0.2) is 6.09 Å². The first-order chi connectivity index (χ1) is 9.65. The van der Waals surface area contributed by atoms with Gasteiger partial charge in [0, 0.05) is 6.54 Å². The maximum Gasteiger partial charge on any atom is 0.407 e. The number of nitrogens with two attached hydrogens (primary N) is 1. The lowest BCUT2D eigenvalue weighted by atomic mass is 10.2. The van der Waals surface area contributed by atoms with Crippen molar-refractivity contribution in [3.8, 4) is 0 Å². The molecule has 4 nitrogen and oxygen atoms in total. The second-order valence-corrected chi connectivity index (χ2v) is 4.27. The predicted octanol–water partition coefficient (Wildman–Crippen LogP) is 2.83. The standard InChI is InChI=1S/C15H15FN2O2/c16-13-7-6-12(8-14(13)17)9-18-15(19)20-10-11-4-2-1-3-5-11/h1-8H,9-10,17H2,(H,18,19). The first-order valence-electron chi connectivity index (χ1n) is 6.13. The maximum absolute atomic E-state index is 13.0. The van der Waals surface area contributed by atoms with Gasteiger partial charge in [-0.1, -0.05) is 36.4 Å². The number of hydrogen-bond donors (Lipinski definition) is 2. The lowest BCUT2D eigenvalue weighted by Gasteiger charge is -2.08. The summed E-state index contributed by atoms with van der Waals surface area (Å²) >= 11 is 0. The molecule has 0 radical (unpaired) electrons. The molecule has 0 heterocycles. The molecule has 1 amide bonds. The SMILES string of the molecule is Nc1cc(CNC(=O)OCc2ccccc2)ccc1F. The molecule has 0 unspecified atom stereocenters. The molecule has 2 aromatic rings. The van der Waals surface area contributed by atoms with Gasteiger partial charge in [0.1, 0.15) is 12.4 Å². The minimum Gasteiger partial charge on any atom is -0.445 e. The van der Waals surface area contributed by atoms with Crippen LogP contribution in [0.15, 0.2) is 48.5 Å². The van der Waals surface area contributed by atoms with Gasteiger partial charge in [-0.3, -0.25) is 0 Å². The molecule has 0 aliphatic carbocycles. The fraction of sp³-hybridized carbons (Fsp3) is 0.133. The van der Waals surface area contributed by atoms with Crippen molar-refractivity contribution in [3.63, 3.8) is 0 Å². The summed E-state index contributed by atoms with van der Waals surface area (Å²) in [7, 11) is 0. The summed E-state index contributed by atoms with van der Waals surface area (Å²) in [5.74, 6) is -0.472. The molecule has 0 aromatic heterocycles. The molecule has 0 aliphatic rings. The molecule has 2 rings (SSSR count). The molecule has 0 saturated heterocycles. The van der Waals surface area contributed by atoms with Gasteiger partial charge < -0.3 is 15.8 Å². The normalized spacial score (nSPS) is 10.1. The highest BCUT2D eigenvalue weighted by Crippen LogP contribution is 2.12. The second kappa shape index (κ2) is 6.56. The van der Waals surface area contributed by atoms with Gasteiger partial charge in [0.2, 0.25) is 0 Å². The Bertz CT molecular complexity index is 588. The summed E-state index contributed by atoms with van der Waals surface area (Å²) in [6, 6.07) is 13.7. The number of ether oxygens (including phenoxy) is 1. The first kappa shape index (κ1) is 13.9. The largest absolute Gasteiger partial charge is 0.445 e. The highest BCUT2D eigenvalue weighted by molar-refractivity contribution is 5.67. The molecule has 0 atom stereocenters. The van der Waals surface area contributed by atoms with E-state index in [1.807, 2.05) is 30.3 Å². The van der Waals surface area contributed by atoms with E-state index in [0.717, 1.165) is 5.56 Å². The first-order valence-corrected chi connectivity index (χ1v) is 6.13. The van der Waals surface area contributed by atoms with Crippen LogP contribution in [-0.2, 0) is 17.9 Å². The molecule has 104 valence electrons. The quantitative estimate of drug-likeness (QED) is 0.843. The zero-order valence-corrected chi connectivity index (χ0v) is 10.8. The van der Waals surface area contributed by atoms with Crippen LogP contribution in [0.25, 0.3) is 0 Å². The Labute approximate surface area is 116 Å². The van der Waals surface area contributed by atoms with E-state index in [9.17, 15) is 9.18 Å². The number of benzene rings is 2. The molecule has 0 fully saturated rings. The summed E-state index contributed by atoms with van der Waals surface area (Å²) in [5.41, 5.74) is 7.12. The molecule has 20 heavy (non-hydrogen) atoms. The molecule has 0 aliphatic heterocycles. The van der Waals surface area contributed by atoms with Crippen LogP contribution in [0.1, 0.15) is 11.1 Å². The van der Waals surface area contributed by atoms with Crippen molar-refractivity contribution in [1.29, 1.82) is 0 Å². The second-order valence-electron chi connectivity index (χ2n) is 4.27. The molecule has 0 spiro atoms. The van der Waals surface area contributed by atoms with Crippen molar-refractivity contribution in [2.24, 2.45) is 0 Å². The van der Waals surface area contributed by atoms with Gasteiger partial charge >= 0.3 is 6.09 Å². The van der Waals surface area contributed by atoms with Crippen LogP contribution in [0.5, 0.6) is 0 Å². The van der Waals surface area contributed by atoms with Gasteiger partial charge in [0.15, 0.2) is 0 Å². The zero-order chi connectivity index (χ0) is 14.4. The van der Waals surface area contributed by atoms with E-state index in [1.165, 1.54) is 12.1 Å². The van der Waals surface area contributed by atoms with Gasteiger partial charge in [0.25, 0.3) is 0 Å². The van der Waals surface area contributed by atoms with Crippen molar-refractivity contribution in [2.75, 3.05) is 5.73 Å². The Hall–Kier alpha value is -2.56. The lowest BCUT2D eigenvalue weighted by molar-refractivity contribution is 0.139. The van der Waals surface area contributed by atoms with E-state index in [0.29, 0.717) is 5.56 Å². The van der Waals surface area contributed by atoms with Crippen LogP contribution in [0.2, 0.25) is 0 Å². The third-order valence-electron chi connectivity index (χ3n) is 2.71. The number of nitrogen functional groups attached to an aromatic ring is 1. The summed E-state index contributed by atoms with van der Waals surface area (Å²) in [6.45, 7) is 0.441. The van der Waals surface area contributed by atoms with Crippen molar-refractivity contribution in [1.82, 2.24) is 5.32 Å². The average Bonchev–Trinajstić information content (AvgIpc) is 2.47. The minimum absolute atomic E-state index is 0.0574. The number of halogens is 1. The van der Waals surface area contributed by atoms with Crippen LogP contribution in [0.4, 0.5) is 14.9 Å². The molecule has 2 aromatic carbocycles. The third kappa shape index (κ3) is 3.98. The van der Waals surface area contributed by atoms with Crippen LogP contribution >= 0.6 is 0 Å². The molecule has 3 N–H and O–H groups in total.